The van der Waals surface area contributed by atoms with Gasteiger partial charge in [0, 0.05) is 5.41 Å². The maximum absolute atomic E-state index is 13.1. The molecule has 1 aromatic carbocycles. The van der Waals surface area contributed by atoms with Crippen molar-refractivity contribution in [2.45, 2.75) is 32.1 Å². The molecule has 1 amide bonds. The molecule has 1 atom stereocenters. The summed E-state index contributed by atoms with van der Waals surface area (Å²) in [6.45, 7) is 0. The molecule has 5 nitrogen and oxygen atoms in total. The van der Waals surface area contributed by atoms with Gasteiger partial charge in [-0.05, 0) is 25.0 Å². The smallest absolute Gasteiger partial charge is 0.255 e. The SMILES string of the molecule is N#CC1C(=S)NC(N)=C(C(=O)Nc2ccccc2Cl)C12CCCCC2. The molecule has 1 aromatic rings. The maximum Gasteiger partial charge on any atom is 0.255 e. The molecule has 0 bridgehead atoms. The van der Waals surface area contributed by atoms with Crippen molar-refractivity contribution < 1.29 is 4.79 Å². The molecule has 7 heteroatoms. The molecule has 0 saturated heterocycles. The minimum absolute atomic E-state index is 0.239. The molecule has 25 heavy (non-hydrogen) atoms. The van der Waals surface area contributed by atoms with E-state index in [9.17, 15) is 10.1 Å². The zero-order chi connectivity index (χ0) is 18.0. The number of hydrogen-bond acceptors (Lipinski definition) is 4. The lowest BCUT2D eigenvalue weighted by Crippen LogP contribution is -2.52. The van der Waals surface area contributed by atoms with Gasteiger partial charge in [0.2, 0.25) is 0 Å². The highest BCUT2D eigenvalue weighted by atomic mass is 35.5. The van der Waals surface area contributed by atoms with E-state index in [4.69, 9.17) is 29.6 Å². The van der Waals surface area contributed by atoms with Crippen LogP contribution in [0, 0.1) is 22.7 Å². The van der Waals surface area contributed by atoms with Crippen LogP contribution in [0.2, 0.25) is 5.02 Å². The Kier molecular flexibility index (Phi) is 4.98. The number of nitriles is 1. The summed E-state index contributed by atoms with van der Waals surface area (Å²) in [6.07, 6.45) is 4.41. The van der Waals surface area contributed by atoms with Crippen molar-refractivity contribution in [1.82, 2.24) is 5.32 Å². The van der Waals surface area contributed by atoms with Crippen LogP contribution in [0.3, 0.4) is 0 Å². The molecule has 1 heterocycles. The summed E-state index contributed by atoms with van der Waals surface area (Å²) < 4.78 is 0. The first kappa shape index (κ1) is 17.7. The molecule has 0 radical (unpaired) electrons. The lowest BCUT2D eigenvalue weighted by atomic mass is 9.60. The van der Waals surface area contributed by atoms with Gasteiger partial charge in [-0.25, -0.2) is 0 Å². The molecule has 4 N–H and O–H groups in total. The fourth-order valence-corrected chi connectivity index (χ4v) is 4.50. The van der Waals surface area contributed by atoms with Crippen LogP contribution < -0.4 is 16.4 Å². The van der Waals surface area contributed by atoms with E-state index in [0.717, 1.165) is 32.1 Å². The third kappa shape index (κ3) is 3.10. The second-order valence-electron chi connectivity index (χ2n) is 6.49. The van der Waals surface area contributed by atoms with E-state index in [2.05, 4.69) is 16.7 Å². The van der Waals surface area contributed by atoms with Gasteiger partial charge >= 0.3 is 0 Å². The number of benzene rings is 1. The lowest BCUT2D eigenvalue weighted by Gasteiger charge is -2.45. The molecule has 1 aliphatic carbocycles. The number of nitrogens with zero attached hydrogens (tertiary/aromatic N) is 1. The molecule has 1 saturated carbocycles. The van der Waals surface area contributed by atoms with Crippen LogP contribution in [0.25, 0.3) is 0 Å². The zero-order valence-corrected chi connectivity index (χ0v) is 15.2. The third-order valence-electron chi connectivity index (χ3n) is 5.06. The highest BCUT2D eigenvalue weighted by Gasteiger charge is 2.51. The lowest BCUT2D eigenvalue weighted by molar-refractivity contribution is -0.114. The number of nitrogens with one attached hydrogen (secondary N) is 2. The minimum Gasteiger partial charge on any atom is -0.385 e. The minimum atomic E-state index is -0.634. The Morgan fingerprint density at radius 1 is 1.36 bits per heavy atom. The van der Waals surface area contributed by atoms with Crippen LogP contribution in [-0.4, -0.2) is 10.9 Å². The first-order valence-corrected chi connectivity index (χ1v) is 9.05. The summed E-state index contributed by atoms with van der Waals surface area (Å²) in [5, 5.41) is 15.8. The van der Waals surface area contributed by atoms with E-state index in [-0.39, 0.29) is 11.7 Å². The first-order chi connectivity index (χ1) is 12.0. The van der Waals surface area contributed by atoms with Crippen molar-refractivity contribution in [3.8, 4) is 6.07 Å². The highest BCUT2D eigenvalue weighted by Crippen LogP contribution is 2.51. The Bertz CT molecular complexity index is 793. The Balaban J connectivity index is 2.03. The van der Waals surface area contributed by atoms with Gasteiger partial charge in [-0.1, -0.05) is 55.2 Å². The molecular weight excluding hydrogens is 356 g/mol. The second-order valence-corrected chi connectivity index (χ2v) is 7.34. The number of nitrogens with two attached hydrogens (primary N) is 1. The Morgan fingerprint density at radius 3 is 2.68 bits per heavy atom. The van der Waals surface area contributed by atoms with Gasteiger partial charge in [0.25, 0.3) is 5.91 Å². The molecule has 1 unspecified atom stereocenters. The van der Waals surface area contributed by atoms with Crippen molar-refractivity contribution in [1.29, 1.82) is 5.26 Å². The van der Waals surface area contributed by atoms with Crippen molar-refractivity contribution in [2.24, 2.45) is 17.1 Å². The Morgan fingerprint density at radius 2 is 2.04 bits per heavy atom. The molecule has 1 spiro atoms. The summed E-state index contributed by atoms with van der Waals surface area (Å²) in [4.78, 5) is 13.5. The normalized spacial score (nSPS) is 22.2. The van der Waals surface area contributed by atoms with Crippen LogP contribution in [-0.2, 0) is 4.79 Å². The van der Waals surface area contributed by atoms with Gasteiger partial charge in [-0.2, -0.15) is 5.26 Å². The number of para-hydroxylation sites is 1. The van der Waals surface area contributed by atoms with Gasteiger partial charge in [-0.15, -0.1) is 0 Å². The summed E-state index contributed by atoms with van der Waals surface area (Å²) >= 11 is 11.5. The molecule has 130 valence electrons. The molecule has 2 aliphatic rings. The first-order valence-electron chi connectivity index (χ1n) is 8.26. The number of halogens is 1. The van der Waals surface area contributed by atoms with Gasteiger partial charge < -0.3 is 16.4 Å². The van der Waals surface area contributed by atoms with Gasteiger partial charge in [0.05, 0.1) is 27.3 Å². The molecule has 1 fully saturated rings. The van der Waals surface area contributed by atoms with Gasteiger partial charge in [-0.3, -0.25) is 4.79 Å². The van der Waals surface area contributed by atoms with E-state index in [1.165, 1.54) is 0 Å². The fourth-order valence-electron chi connectivity index (χ4n) is 3.93. The standard InChI is InChI=1S/C18H19ClN4OS/c19-12-6-2-3-7-13(12)22-16(24)14-15(21)23-17(25)11(10-20)18(14)8-4-1-5-9-18/h2-3,6-7,11H,1,4-5,8-9,21H2,(H,22,24)(H,23,25). The van der Waals surface area contributed by atoms with Crippen molar-refractivity contribution in [3.05, 3.63) is 40.7 Å². The van der Waals surface area contributed by atoms with Crippen LogP contribution in [0.1, 0.15) is 32.1 Å². The van der Waals surface area contributed by atoms with Crippen LogP contribution in [0.4, 0.5) is 5.69 Å². The molecule has 0 aromatic heterocycles. The summed E-state index contributed by atoms with van der Waals surface area (Å²) in [5.74, 6) is -0.646. The number of thiocarbonyl (C=S) groups is 1. The molecular formula is C18H19ClN4OS. The van der Waals surface area contributed by atoms with Gasteiger partial charge in [0.15, 0.2) is 0 Å². The third-order valence-corrected chi connectivity index (χ3v) is 5.73. The quantitative estimate of drug-likeness (QED) is 0.689. The van der Waals surface area contributed by atoms with E-state index in [1.807, 2.05) is 0 Å². The maximum atomic E-state index is 13.1. The molecule has 3 rings (SSSR count). The predicted molar refractivity (Wildman–Crippen MR) is 102 cm³/mol. The van der Waals surface area contributed by atoms with Crippen molar-refractivity contribution >= 4 is 40.4 Å². The second kappa shape index (κ2) is 7.03. The van der Waals surface area contributed by atoms with Crippen LogP contribution in [0.15, 0.2) is 35.7 Å². The van der Waals surface area contributed by atoms with E-state index >= 15 is 0 Å². The van der Waals surface area contributed by atoms with Gasteiger partial charge in [0.1, 0.15) is 11.7 Å². The molecule has 1 aliphatic heterocycles. The van der Waals surface area contributed by atoms with Crippen LogP contribution in [0.5, 0.6) is 0 Å². The van der Waals surface area contributed by atoms with E-state index < -0.39 is 11.3 Å². The topological polar surface area (TPSA) is 90.9 Å². The van der Waals surface area contributed by atoms with Crippen molar-refractivity contribution in [2.75, 3.05) is 5.32 Å². The summed E-state index contributed by atoms with van der Waals surface area (Å²) in [6, 6.07) is 9.32. The summed E-state index contributed by atoms with van der Waals surface area (Å²) in [5.41, 5.74) is 6.47. The average molecular weight is 375 g/mol. The van der Waals surface area contributed by atoms with Crippen LogP contribution >= 0.6 is 23.8 Å². The average Bonchev–Trinajstić information content (AvgIpc) is 2.57. The number of anilines is 1. The van der Waals surface area contributed by atoms with E-state index in [0.29, 0.717) is 21.3 Å². The highest BCUT2D eigenvalue weighted by molar-refractivity contribution is 7.80. The predicted octanol–water partition coefficient (Wildman–Crippen LogP) is 3.47. The fraction of sp³-hybridized carbons (Fsp3) is 0.389. The number of carbonyl (C=O) groups is 1. The summed E-state index contributed by atoms with van der Waals surface area (Å²) in [7, 11) is 0. The largest absolute Gasteiger partial charge is 0.385 e. The number of carbonyl (C=O) groups excluding carboxylic acids is 1. The van der Waals surface area contributed by atoms with Crippen molar-refractivity contribution in [3.63, 3.8) is 0 Å². The van der Waals surface area contributed by atoms with E-state index in [1.54, 1.807) is 24.3 Å². The number of hydrogen-bond donors (Lipinski definition) is 3. The Labute approximate surface area is 157 Å². The number of amides is 1. The zero-order valence-electron chi connectivity index (χ0n) is 13.6. The Hall–Kier alpha value is -2.10. The number of rotatable bonds is 2. The monoisotopic (exact) mass is 374 g/mol.